The Morgan fingerprint density at radius 1 is 1.18 bits per heavy atom. The summed E-state index contributed by atoms with van der Waals surface area (Å²) < 4.78 is 26.2. The lowest BCUT2D eigenvalue weighted by Crippen LogP contribution is -2.04. The van der Waals surface area contributed by atoms with Crippen LogP contribution in [0.25, 0.3) is 0 Å². The van der Waals surface area contributed by atoms with E-state index in [4.69, 9.17) is 11.6 Å². The quantitative estimate of drug-likeness (QED) is 0.895. The molecule has 1 unspecified atom stereocenters. The average molecular weight is 256 g/mol. The Morgan fingerprint density at radius 2 is 1.94 bits per heavy atom. The van der Waals surface area contributed by atoms with Gasteiger partial charge in [0.15, 0.2) is 0 Å². The maximum atomic E-state index is 13.5. The van der Waals surface area contributed by atoms with E-state index in [0.29, 0.717) is 11.6 Å². The third kappa shape index (κ3) is 2.43. The summed E-state index contributed by atoms with van der Waals surface area (Å²) in [6.45, 7) is 0. The van der Waals surface area contributed by atoms with Gasteiger partial charge in [0.05, 0.1) is 5.02 Å². The molecule has 17 heavy (non-hydrogen) atoms. The molecule has 1 aromatic carbocycles. The lowest BCUT2D eigenvalue weighted by Gasteiger charge is -2.13. The highest BCUT2D eigenvalue weighted by Crippen LogP contribution is 2.29. The van der Waals surface area contributed by atoms with Crippen LogP contribution in [0.5, 0.6) is 0 Å². The number of hydrogen-bond donors (Lipinski definition) is 1. The van der Waals surface area contributed by atoms with Crippen molar-refractivity contribution in [1.29, 1.82) is 0 Å². The minimum atomic E-state index is -1.24. The van der Waals surface area contributed by atoms with Crippen molar-refractivity contribution in [2.75, 3.05) is 0 Å². The Bertz CT molecular complexity index is 548. The molecule has 0 radical (unpaired) electrons. The summed E-state index contributed by atoms with van der Waals surface area (Å²) in [5.74, 6) is -1.51. The predicted molar refractivity (Wildman–Crippen MR) is 59.7 cm³/mol. The summed E-state index contributed by atoms with van der Waals surface area (Å²) in [7, 11) is 0. The Balaban J connectivity index is 2.44. The van der Waals surface area contributed by atoms with E-state index in [0.717, 1.165) is 6.07 Å². The molecule has 0 fully saturated rings. The SMILES string of the molecule is OC(c1ccc(F)cc1F)c1ccncc1Cl. The van der Waals surface area contributed by atoms with Crippen molar-refractivity contribution in [2.45, 2.75) is 6.10 Å². The van der Waals surface area contributed by atoms with E-state index in [1.165, 1.54) is 24.5 Å². The fraction of sp³-hybridized carbons (Fsp3) is 0.0833. The van der Waals surface area contributed by atoms with Gasteiger partial charge in [-0.3, -0.25) is 4.98 Å². The van der Waals surface area contributed by atoms with Crippen LogP contribution in [0.4, 0.5) is 8.78 Å². The highest BCUT2D eigenvalue weighted by molar-refractivity contribution is 6.31. The zero-order chi connectivity index (χ0) is 12.4. The van der Waals surface area contributed by atoms with Crippen molar-refractivity contribution in [2.24, 2.45) is 0 Å². The number of halogens is 3. The minimum absolute atomic E-state index is 0.0282. The summed E-state index contributed by atoms with van der Waals surface area (Å²) >= 11 is 5.83. The standard InChI is InChI=1S/C12H8ClF2NO/c13-10-6-16-4-3-8(10)12(17)9-2-1-7(14)5-11(9)15/h1-6,12,17H. The second-order valence-electron chi connectivity index (χ2n) is 3.47. The van der Waals surface area contributed by atoms with Crippen molar-refractivity contribution in [3.63, 3.8) is 0 Å². The second kappa shape index (κ2) is 4.77. The molecule has 1 aromatic heterocycles. The molecular weight excluding hydrogens is 248 g/mol. The topological polar surface area (TPSA) is 33.1 Å². The van der Waals surface area contributed by atoms with Crippen molar-refractivity contribution in [1.82, 2.24) is 4.98 Å². The molecule has 1 heterocycles. The first-order valence-electron chi connectivity index (χ1n) is 4.82. The van der Waals surface area contributed by atoms with Gasteiger partial charge < -0.3 is 5.11 Å². The number of aliphatic hydroxyl groups is 1. The summed E-state index contributed by atoms with van der Waals surface area (Å²) in [5.41, 5.74) is 0.298. The minimum Gasteiger partial charge on any atom is -0.383 e. The third-order valence-corrected chi connectivity index (χ3v) is 2.67. The number of nitrogens with zero attached hydrogens (tertiary/aromatic N) is 1. The van der Waals surface area contributed by atoms with E-state index < -0.39 is 17.7 Å². The van der Waals surface area contributed by atoms with E-state index in [2.05, 4.69) is 4.98 Å². The molecule has 0 amide bonds. The van der Waals surface area contributed by atoms with Crippen LogP contribution in [0.2, 0.25) is 5.02 Å². The molecule has 1 N–H and O–H groups in total. The largest absolute Gasteiger partial charge is 0.383 e. The fourth-order valence-corrected chi connectivity index (χ4v) is 1.72. The molecule has 1 atom stereocenters. The van der Waals surface area contributed by atoms with Crippen molar-refractivity contribution >= 4 is 11.6 Å². The molecule has 5 heteroatoms. The molecule has 0 bridgehead atoms. The van der Waals surface area contributed by atoms with Crippen molar-refractivity contribution in [3.8, 4) is 0 Å². The highest BCUT2D eigenvalue weighted by Gasteiger charge is 2.17. The van der Waals surface area contributed by atoms with Crippen LogP contribution in [-0.2, 0) is 0 Å². The smallest absolute Gasteiger partial charge is 0.132 e. The van der Waals surface area contributed by atoms with Crippen molar-refractivity contribution in [3.05, 3.63) is 64.4 Å². The van der Waals surface area contributed by atoms with Gasteiger partial charge in [0, 0.05) is 29.6 Å². The number of aliphatic hydroxyl groups excluding tert-OH is 1. The number of pyridine rings is 1. The summed E-state index contributed by atoms with van der Waals surface area (Å²) in [4.78, 5) is 3.76. The van der Waals surface area contributed by atoms with Gasteiger partial charge in [-0.1, -0.05) is 17.7 Å². The van der Waals surface area contributed by atoms with Crippen molar-refractivity contribution < 1.29 is 13.9 Å². The van der Waals surface area contributed by atoms with E-state index in [1.54, 1.807) is 0 Å². The number of hydrogen-bond acceptors (Lipinski definition) is 2. The van der Waals surface area contributed by atoms with E-state index >= 15 is 0 Å². The lowest BCUT2D eigenvalue weighted by atomic mass is 10.0. The van der Waals surface area contributed by atoms with E-state index in [1.807, 2.05) is 0 Å². The number of rotatable bonds is 2. The first-order chi connectivity index (χ1) is 8.09. The molecule has 0 aliphatic carbocycles. The average Bonchev–Trinajstić information content (AvgIpc) is 2.29. The first-order valence-corrected chi connectivity index (χ1v) is 5.20. The number of benzene rings is 1. The molecule has 0 aliphatic rings. The predicted octanol–water partition coefficient (Wildman–Crippen LogP) is 3.09. The van der Waals surface area contributed by atoms with Gasteiger partial charge in [-0.15, -0.1) is 0 Å². The maximum Gasteiger partial charge on any atom is 0.132 e. The Morgan fingerprint density at radius 3 is 2.59 bits per heavy atom. The van der Waals surface area contributed by atoms with Crippen LogP contribution in [-0.4, -0.2) is 10.1 Å². The monoisotopic (exact) mass is 255 g/mol. The normalized spacial score (nSPS) is 12.5. The summed E-state index contributed by atoms with van der Waals surface area (Å²) in [5, 5.41) is 10.2. The Kier molecular flexibility index (Phi) is 3.36. The van der Waals surface area contributed by atoms with Gasteiger partial charge in [0.2, 0.25) is 0 Å². The summed E-state index contributed by atoms with van der Waals surface area (Å²) in [6, 6.07) is 4.46. The van der Waals surface area contributed by atoms with Gasteiger partial charge in [-0.05, 0) is 12.1 Å². The molecule has 0 spiro atoms. The van der Waals surface area contributed by atoms with Crippen LogP contribution < -0.4 is 0 Å². The zero-order valence-corrected chi connectivity index (χ0v) is 9.33. The van der Waals surface area contributed by atoms with Gasteiger partial charge in [0.25, 0.3) is 0 Å². The van der Waals surface area contributed by atoms with Crippen LogP contribution in [0.15, 0.2) is 36.7 Å². The van der Waals surface area contributed by atoms with Crippen LogP contribution in [0.3, 0.4) is 0 Å². The molecular formula is C12H8ClF2NO. The molecule has 0 aliphatic heterocycles. The molecule has 88 valence electrons. The van der Waals surface area contributed by atoms with Gasteiger partial charge >= 0.3 is 0 Å². The third-order valence-electron chi connectivity index (χ3n) is 2.36. The molecule has 0 saturated carbocycles. The van der Waals surface area contributed by atoms with Crippen LogP contribution >= 0.6 is 11.6 Å². The van der Waals surface area contributed by atoms with Crippen LogP contribution in [0, 0.1) is 11.6 Å². The van der Waals surface area contributed by atoms with E-state index in [-0.39, 0.29) is 10.6 Å². The number of aromatic nitrogens is 1. The van der Waals surface area contributed by atoms with Gasteiger partial charge in [-0.25, -0.2) is 8.78 Å². The fourth-order valence-electron chi connectivity index (χ4n) is 1.50. The molecule has 2 aromatic rings. The Hall–Kier alpha value is -1.52. The molecule has 0 saturated heterocycles. The van der Waals surface area contributed by atoms with Gasteiger partial charge in [-0.2, -0.15) is 0 Å². The Labute approximate surface area is 102 Å². The van der Waals surface area contributed by atoms with E-state index in [9.17, 15) is 13.9 Å². The second-order valence-corrected chi connectivity index (χ2v) is 3.87. The first kappa shape index (κ1) is 12.0. The highest BCUT2D eigenvalue weighted by atomic mass is 35.5. The molecule has 2 rings (SSSR count). The van der Waals surface area contributed by atoms with Crippen LogP contribution in [0.1, 0.15) is 17.2 Å². The summed E-state index contributed by atoms with van der Waals surface area (Å²) in [6.07, 6.45) is 1.54. The van der Waals surface area contributed by atoms with Gasteiger partial charge in [0.1, 0.15) is 17.7 Å². The maximum absolute atomic E-state index is 13.5. The zero-order valence-electron chi connectivity index (χ0n) is 8.57. The lowest BCUT2D eigenvalue weighted by molar-refractivity contribution is 0.214. The molecule has 2 nitrogen and oxygen atoms in total.